The van der Waals surface area contributed by atoms with Crippen molar-refractivity contribution in [1.29, 1.82) is 0 Å². The molecule has 1 aromatic heterocycles. The van der Waals surface area contributed by atoms with E-state index < -0.39 is 0 Å². The van der Waals surface area contributed by atoms with Crippen LogP contribution in [0, 0.1) is 0 Å². The van der Waals surface area contributed by atoms with Crippen LogP contribution in [0.1, 0.15) is 20.8 Å². The summed E-state index contributed by atoms with van der Waals surface area (Å²) >= 11 is 9.59. The molecular weight excluding hydrogens is 278 g/mol. The number of thiocarbonyl (C=S) groups is 1. The monoisotopic (exact) mass is 299 g/mol. The molecule has 0 aliphatic heterocycles. The molecule has 0 aromatic carbocycles. The van der Waals surface area contributed by atoms with Gasteiger partial charge in [0.25, 0.3) is 0 Å². The molecular formula is C13H21N3OS2. The van der Waals surface area contributed by atoms with E-state index in [1.807, 2.05) is 17.0 Å². The van der Waals surface area contributed by atoms with Gasteiger partial charge in [-0.1, -0.05) is 26.1 Å². The van der Waals surface area contributed by atoms with Crippen molar-refractivity contribution in [3.05, 3.63) is 18.3 Å². The number of ether oxygens (including phenoxy) is 1. The summed E-state index contributed by atoms with van der Waals surface area (Å²) in [5.74, 6) is 0.587. The molecule has 0 bridgehead atoms. The maximum atomic E-state index is 5.26. The van der Waals surface area contributed by atoms with Crippen LogP contribution in [0.15, 0.2) is 18.3 Å². The fourth-order valence-electron chi connectivity index (χ4n) is 2.04. The molecule has 19 heavy (non-hydrogen) atoms. The van der Waals surface area contributed by atoms with Gasteiger partial charge >= 0.3 is 0 Å². The molecule has 0 fully saturated rings. The normalized spacial score (nSPS) is 12.3. The van der Waals surface area contributed by atoms with E-state index in [0.29, 0.717) is 10.2 Å². The largest absolute Gasteiger partial charge is 0.481 e. The first-order valence-corrected chi connectivity index (χ1v) is 7.16. The Morgan fingerprint density at radius 3 is 2.42 bits per heavy atom. The zero-order valence-electron chi connectivity index (χ0n) is 11.8. The quantitative estimate of drug-likeness (QED) is 0.495. The molecule has 4 nitrogen and oxygen atoms in total. The zero-order valence-corrected chi connectivity index (χ0v) is 13.5. The van der Waals surface area contributed by atoms with Crippen molar-refractivity contribution in [2.45, 2.75) is 26.9 Å². The number of methoxy groups -OCH3 is 1. The number of anilines is 1. The predicted octanol–water partition coefficient (Wildman–Crippen LogP) is 2.80. The molecule has 0 spiro atoms. The van der Waals surface area contributed by atoms with Crippen molar-refractivity contribution in [1.82, 2.24) is 9.88 Å². The average Bonchev–Trinajstić information content (AvgIpc) is 2.40. The number of hydrogen-bond acceptors (Lipinski definition) is 4. The second kappa shape index (κ2) is 7.67. The predicted molar refractivity (Wildman–Crippen MR) is 87.2 cm³/mol. The zero-order chi connectivity index (χ0) is 14.4. The summed E-state index contributed by atoms with van der Waals surface area (Å²) < 4.78 is 5.60. The number of hydrogen-bond donors (Lipinski definition) is 1. The van der Waals surface area contributed by atoms with E-state index >= 15 is 0 Å². The Labute approximate surface area is 126 Å². The molecule has 0 N–H and O–H groups in total. The Bertz CT molecular complexity index is 407. The topological polar surface area (TPSA) is 28.6 Å². The fourth-order valence-corrected chi connectivity index (χ4v) is 2.58. The highest BCUT2D eigenvalue weighted by atomic mass is 32.1. The number of thiol groups is 1. The molecule has 1 heterocycles. The van der Waals surface area contributed by atoms with Gasteiger partial charge in [0.05, 0.1) is 25.2 Å². The van der Waals surface area contributed by atoms with Crippen LogP contribution in [0.5, 0.6) is 5.88 Å². The molecule has 0 aliphatic rings. The van der Waals surface area contributed by atoms with Crippen LogP contribution in [0.25, 0.3) is 0 Å². The first-order valence-electron chi connectivity index (χ1n) is 6.31. The Hall–Kier alpha value is -0.850. The van der Waals surface area contributed by atoms with Gasteiger partial charge in [-0.2, -0.15) is 0 Å². The molecule has 0 saturated heterocycles. The SMILES string of the molecule is CCN(CC)C(C)N(C(=S)S)c1ccc(OC)nc1. The minimum absolute atomic E-state index is 0.134. The van der Waals surface area contributed by atoms with Crippen LogP contribution in [-0.2, 0) is 0 Å². The van der Waals surface area contributed by atoms with Gasteiger partial charge in [0.15, 0.2) is 0 Å². The summed E-state index contributed by atoms with van der Waals surface area (Å²) in [6.07, 6.45) is 1.89. The average molecular weight is 299 g/mol. The third-order valence-corrected chi connectivity index (χ3v) is 3.54. The molecule has 1 unspecified atom stereocenters. The van der Waals surface area contributed by atoms with Crippen molar-refractivity contribution in [2.75, 3.05) is 25.1 Å². The molecule has 106 valence electrons. The molecule has 1 rings (SSSR count). The second-order valence-electron chi connectivity index (χ2n) is 4.06. The summed E-state index contributed by atoms with van der Waals surface area (Å²) in [6, 6.07) is 3.76. The lowest BCUT2D eigenvalue weighted by Gasteiger charge is -2.36. The Morgan fingerprint density at radius 2 is 2.05 bits per heavy atom. The highest BCUT2D eigenvalue weighted by Crippen LogP contribution is 2.22. The molecule has 6 heteroatoms. The van der Waals surface area contributed by atoms with Gasteiger partial charge < -0.3 is 9.64 Å². The van der Waals surface area contributed by atoms with Crippen molar-refractivity contribution in [2.24, 2.45) is 0 Å². The van der Waals surface area contributed by atoms with Crippen LogP contribution in [0.3, 0.4) is 0 Å². The lowest BCUT2D eigenvalue weighted by atomic mass is 10.3. The molecule has 0 radical (unpaired) electrons. The molecule has 0 aliphatic carbocycles. The van der Waals surface area contributed by atoms with Gasteiger partial charge in [-0.3, -0.25) is 4.90 Å². The molecule has 1 aromatic rings. The van der Waals surface area contributed by atoms with Crippen molar-refractivity contribution >= 4 is 34.9 Å². The van der Waals surface area contributed by atoms with Crippen molar-refractivity contribution in [3.8, 4) is 5.88 Å². The van der Waals surface area contributed by atoms with E-state index in [4.69, 9.17) is 17.0 Å². The number of nitrogens with zero attached hydrogens (tertiary/aromatic N) is 3. The van der Waals surface area contributed by atoms with Gasteiger partial charge in [-0.25, -0.2) is 4.98 Å². The Kier molecular flexibility index (Phi) is 6.54. The summed E-state index contributed by atoms with van der Waals surface area (Å²) in [6.45, 7) is 8.28. The smallest absolute Gasteiger partial charge is 0.213 e. The first kappa shape index (κ1) is 16.2. The van der Waals surface area contributed by atoms with Gasteiger partial charge in [-0.15, -0.1) is 12.6 Å². The first-order chi connectivity index (χ1) is 9.04. The third kappa shape index (κ3) is 4.06. The lowest BCUT2D eigenvalue weighted by Crippen LogP contribution is -2.47. The highest BCUT2D eigenvalue weighted by molar-refractivity contribution is 8.11. The summed E-state index contributed by atoms with van der Waals surface area (Å²) in [4.78, 5) is 8.50. The van der Waals surface area contributed by atoms with Gasteiger partial charge in [0, 0.05) is 6.07 Å². The fraction of sp³-hybridized carbons (Fsp3) is 0.538. The summed E-state index contributed by atoms with van der Waals surface area (Å²) in [7, 11) is 1.60. The maximum Gasteiger partial charge on any atom is 0.213 e. The van der Waals surface area contributed by atoms with Crippen molar-refractivity contribution < 1.29 is 4.74 Å². The Morgan fingerprint density at radius 1 is 1.42 bits per heavy atom. The van der Waals surface area contributed by atoms with Crippen molar-refractivity contribution in [3.63, 3.8) is 0 Å². The summed E-state index contributed by atoms with van der Waals surface area (Å²) in [5, 5.41) is 0. The minimum atomic E-state index is 0.134. The van der Waals surface area contributed by atoms with Crippen LogP contribution in [-0.4, -0.2) is 40.6 Å². The number of rotatable bonds is 6. The van der Waals surface area contributed by atoms with Gasteiger partial charge in [0.2, 0.25) is 5.88 Å². The van der Waals surface area contributed by atoms with E-state index in [0.717, 1.165) is 18.8 Å². The van der Waals surface area contributed by atoms with E-state index in [9.17, 15) is 0 Å². The number of aromatic nitrogens is 1. The lowest BCUT2D eigenvalue weighted by molar-refractivity contribution is 0.238. The van der Waals surface area contributed by atoms with Crippen LogP contribution < -0.4 is 9.64 Å². The van der Waals surface area contributed by atoms with Gasteiger partial charge in [0.1, 0.15) is 4.32 Å². The van der Waals surface area contributed by atoms with E-state index in [1.54, 1.807) is 13.3 Å². The van der Waals surface area contributed by atoms with Gasteiger partial charge in [-0.05, 0) is 26.1 Å². The van der Waals surface area contributed by atoms with Crippen LogP contribution >= 0.6 is 24.8 Å². The van der Waals surface area contributed by atoms with E-state index in [2.05, 4.69) is 43.3 Å². The molecule has 0 amide bonds. The van der Waals surface area contributed by atoms with E-state index in [1.165, 1.54) is 0 Å². The standard InChI is InChI=1S/C13H21N3OS2/c1-5-15(6-2)10(3)16(13(18)19)11-7-8-12(17-4)14-9-11/h7-10H,5-6H2,1-4H3,(H,18,19). The third-order valence-electron chi connectivity index (χ3n) is 3.13. The van der Waals surface area contributed by atoms with Crippen LogP contribution in [0.2, 0.25) is 0 Å². The second-order valence-corrected chi connectivity index (χ2v) is 5.18. The minimum Gasteiger partial charge on any atom is -0.481 e. The summed E-state index contributed by atoms with van der Waals surface area (Å²) in [5.41, 5.74) is 0.917. The number of pyridine rings is 1. The molecule has 1 atom stereocenters. The molecule has 0 saturated carbocycles. The highest BCUT2D eigenvalue weighted by Gasteiger charge is 2.21. The Balaban J connectivity index is 3.02. The van der Waals surface area contributed by atoms with E-state index in [-0.39, 0.29) is 6.17 Å². The maximum absolute atomic E-state index is 5.26. The van der Waals surface area contributed by atoms with Crippen LogP contribution in [0.4, 0.5) is 5.69 Å².